The lowest BCUT2D eigenvalue weighted by Crippen LogP contribution is -2.31. The Morgan fingerprint density at radius 1 is 0.972 bits per heavy atom. The minimum Gasteiger partial charge on any atom is -0.338 e. The molecular weight excluding hydrogens is 472 g/mol. The number of rotatable bonds is 8. The van der Waals surface area contributed by atoms with Crippen LogP contribution in [0.2, 0.25) is 0 Å². The average molecular weight is 497 g/mol. The molecule has 1 amide bonds. The van der Waals surface area contributed by atoms with Crippen molar-refractivity contribution in [3.8, 4) is 22.8 Å². The van der Waals surface area contributed by atoms with Gasteiger partial charge in [-0.2, -0.15) is 5.10 Å². The molecule has 0 aliphatic carbocycles. The normalized spacial score (nSPS) is 11.8. The maximum Gasteiger partial charge on any atom is 0.233 e. The van der Waals surface area contributed by atoms with Crippen molar-refractivity contribution < 1.29 is 4.79 Å². The van der Waals surface area contributed by atoms with E-state index in [0.717, 1.165) is 22.5 Å². The molecule has 3 heterocycles. The van der Waals surface area contributed by atoms with Crippen molar-refractivity contribution in [2.75, 3.05) is 12.8 Å². The number of carbonyl (C=O) groups is 1. The molecule has 1 atom stereocenters. The zero-order valence-corrected chi connectivity index (χ0v) is 20.7. The maximum absolute atomic E-state index is 13.1. The van der Waals surface area contributed by atoms with Crippen LogP contribution in [0.3, 0.4) is 0 Å². The molecular formula is C26H24N8OS. The molecule has 2 aromatic carbocycles. The summed E-state index contributed by atoms with van der Waals surface area (Å²) in [6, 6.07) is 21.5. The second kappa shape index (κ2) is 10.5. The van der Waals surface area contributed by atoms with Gasteiger partial charge < -0.3 is 4.90 Å². The SMILES string of the molecule is CC(c1ccc(-n2cncn2)cc1)N(C)C(=O)CSc1nnc(-c2cccnc2)n1-c1ccccc1. The van der Waals surface area contributed by atoms with Gasteiger partial charge in [-0.1, -0.05) is 42.1 Å². The van der Waals surface area contributed by atoms with Gasteiger partial charge in [-0.25, -0.2) is 9.67 Å². The Morgan fingerprint density at radius 2 is 1.78 bits per heavy atom. The summed E-state index contributed by atoms with van der Waals surface area (Å²) in [5, 5.41) is 13.6. The summed E-state index contributed by atoms with van der Waals surface area (Å²) in [4.78, 5) is 23.1. The first kappa shape index (κ1) is 23.4. The van der Waals surface area contributed by atoms with Gasteiger partial charge in [-0.3, -0.25) is 14.3 Å². The maximum atomic E-state index is 13.1. The van der Waals surface area contributed by atoms with Gasteiger partial charge in [0.05, 0.1) is 17.5 Å². The Bertz CT molecular complexity index is 1420. The summed E-state index contributed by atoms with van der Waals surface area (Å²) >= 11 is 1.37. The highest BCUT2D eigenvalue weighted by molar-refractivity contribution is 7.99. The van der Waals surface area contributed by atoms with Crippen LogP contribution in [0.25, 0.3) is 22.8 Å². The molecule has 9 nitrogen and oxygen atoms in total. The number of thioether (sulfide) groups is 1. The van der Waals surface area contributed by atoms with Crippen LogP contribution in [0.5, 0.6) is 0 Å². The summed E-state index contributed by atoms with van der Waals surface area (Å²) in [6.45, 7) is 2.01. The Hall–Kier alpha value is -4.31. The molecule has 36 heavy (non-hydrogen) atoms. The van der Waals surface area contributed by atoms with E-state index < -0.39 is 0 Å². The molecule has 0 spiro atoms. The van der Waals surface area contributed by atoms with Crippen LogP contribution in [0, 0.1) is 0 Å². The third kappa shape index (κ3) is 4.89. The first-order chi connectivity index (χ1) is 17.6. The quantitative estimate of drug-likeness (QED) is 0.297. The molecule has 0 radical (unpaired) electrons. The molecule has 5 aromatic rings. The van der Waals surface area contributed by atoms with Crippen molar-refractivity contribution in [2.45, 2.75) is 18.1 Å². The smallest absolute Gasteiger partial charge is 0.233 e. The number of carbonyl (C=O) groups excluding carboxylic acids is 1. The van der Waals surface area contributed by atoms with Crippen molar-refractivity contribution >= 4 is 17.7 Å². The first-order valence-corrected chi connectivity index (χ1v) is 12.3. The van der Waals surface area contributed by atoms with Crippen molar-refractivity contribution in [1.82, 2.24) is 39.4 Å². The van der Waals surface area contributed by atoms with Gasteiger partial charge >= 0.3 is 0 Å². The number of para-hydroxylation sites is 1. The van der Waals surface area contributed by atoms with E-state index in [2.05, 4.69) is 25.3 Å². The highest BCUT2D eigenvalue weighted by atomic mass is 32.2. The van der Waals surface area contributed by atoms with Crippen LogP contribution in [0.15, 0.2) is 96.9 Å². The van der Waals surface area contributed by atoms with Crippen LogP contribution in [0.1, 0.15) is 18.5 Å². The summed E-state index contributed by atoms with van der Waals surface area (Å²) in [5.74, 6) is 0.910. The molecule has 0 saturated heterocycles. The topological polar surface area (TPSA) is 94.6 Å². The second-order valence-corrected chi connectivity index (χ2v) is 9.06. The lowest BCUT2D eigenvalue weighted by Gasteiger charge is -2.25. The standard InChI is InChI=1S/C26H24N8OS/c1-19(20-10-12-22(13-11-20)33-18-28-17-29-33)32(2)24(35)16-36-26-31-30-25(21-7-6-14-27-15-21)34(26)23-8-4-3-5-9-23/h3-15,17-19H,16H2,1-2H3. The van der Waals surface area contributed by atoms with Gasteiger partial charge in [-0.15, -0.1) is 10.2 Å². The van der Waals surface area contributed by atoms with E-state index >= 15 is 0 Å². The lowest BCUT2D eigenvalue weighted by molar-refractivity contribution is -0.128. The lowest BCUT2D eigenvalue weighted by atomic mass is 10.1. The molecule has 0 saturated carbocycles. The summed E-state index contributed by atoms with van der Waals surface area (Å²) in [6.07, 6.45) is 6.63. The molecule has 3 aromatic heterocycles. The molecule has 180 valence electrons. The fourth-order valence-electron chi connectivity index (χ4n) is 3.77. The summed E-state index contributed by atoms with van der Waals surface area (Å²) in [5.41, 5.74) is 3.72. The van der Waals surface area contributed by atoms with Gasteiger partial charge in [0.25, 0.3) is 0 Å². The Morgan fingerprint density at radius 3 is 2.47 bits per heavy atom. The van der Waals surface area contributed by atoms with Crippen molar-refractivity contribution in [1.29, 1.82) is 0 Å². The fraction of sp³-hybridized carbons (Fsp3) is 0.154. The Kier molecular flexibility index (Phi) is 6.85. The van der Waals surface area contributed by atoms with Crippen LogP contribution in [-0.4, -0.2) is 58.1 Å². The van der Waals surface area contributed by atoms with E-state index in [9.17, 15) is 4.79 Å². The van der Waals surface area contributed by atoms with E-state index in [4.69, 9.17) is 0 Å². The van der Waals surface area contributed by atoms with Gasteiger partial charge in [0.1, 0.15) is 12.7 Å². The molecule has 1 unspecified atom stereocenters. The van der Waals surface area contributed by atoms with E-state index in [1.807, 2.05) is 85.3 Å². The van der Waals surface area contributed by atoms with Gasteiger partial charge in [0.15, 0.2) is 11.0 Å². The highest BCUT2D eigenvalue weighted by Gasteiger charge is 2.21. The fourth-order valence-corrected chi connectivity index (χ4v) is 4.65. The number of pyridine rings is 1. The number of nitrogens with zero attached hydrogens (tertiary/aromatic N) is 8. The first-order valence-electron chi connectivity index (χ1n) is 11.4. The number of amides is 1. The second-order valence-electron chi connectivity index (χ2n) is 8.12. The number of hydrogen-bond donors (Lipinski definition) is 0. The van der Waals surface area contributed by atoms with Gasteiger partial charge in [-0.05, 0) is 48.9 Å². The van der Waals surface area contributed by atoms with Crippen molar-refractivity contribution in [3.63, 3.8) is 0 Å². The number of hydrogen-bond acceptors (Lipinski definition) is 7. The summed E-state index contributed by atoms with van der Waals surface area (Å²) in [7, 11) is 1.82. The van der Waals surface area contributed by atoms with Crippen molar-refractivity contribution in [3.05, 3.63) is 97.3 Å². The predicted octanol–water partition coefficient (Wildman–Crippen LogP) is 4.22. The van der Waals surface area contributed by atoms with Crippen LogP contribution >= 0.6 is 11.8 Å². The Labute approximate surface area is 212 Å². The molecule has 0 N–H and O–H groups in total. The van der Waals surface area contributed by atoms with E-state index in [1.54, 1.807) is 28.3 Å². The van der Waals surface area contributed by atoms with E-state index in [0.29, 0.717) is 11.0 Å². The predicted molar refractivity (Wildman–Crippen MR) is 138 cm³/mol. The van der Waals surface area contributed by atoms with E-state index in [1.165, 1.54) is 18.1 Å². The minimum atomic E-state index is -0.0964. The Balaban J connectivity index is 1.31. The third-order valence-electron chi connectivity index (χ3n) is 5.93. The molecule has 10 heteroatoms. The molecule has 0 aliphatic rings. The molecule has 0 fully saturated rings. The van der Waals surface area contributed by atoms with Crippen molar-refractivity contribution in [2.24, 2.45) is 0 Å². The minimum absolute atomic E-state index is 0.00149. The molecule has 0 bridgehead atoms. The van der Waals surface area contributed by atoms with Gasteiger partial charge in [0.2, 0.25) is 5.91 Å². The number of aromatic nitrogens is 7. The third-order valence-corrected chi connectivity index (χ3v) is 6.84. The van der Waals surface area contributed by atoms with Gasteiger partial charge in [0, 0.05) is 30.7 Å². The van der Waals surface area contributed by atoms with Crippen LogP contribution < -0.4 is 0 Å². The van der Waals surface area contributed by atoms with Crippen LogP contribution in [-0.2, 0) is 4.79 Å². The highest BCUT2D eigenvalue weighted by Crippen LogP contribution is 2.28. The monoisotopic (exact) mass is 496 g/mol. The zero-order valence-electron chi connectivity index (χ0n) is 19.8. The average Bonchev–Trinajstić information content (AvgIpc) is 3.63. The summed E-state index contributed by atoms with van der Waals surface area (Å²) < 4.78 is 3.66. The van der Waals surface area contributed by atoms with E-state index in [-0.39, 0.29) is 17.7 Å². The molecule has 0 aliphatic heterocycles. The zero-order chi connectivity index (χ0) is 24.9. The largest absolute Gasteiger partial charge is 0.338 e. The van der Waals surface area contributed by atoms with Crippen LogP contribution in [0.4, 0.5) is 0 Å². The number of benzene rings is 2. The molecule has 5 rings (SSSR count).